The van der Waals surface area contributed by atoms with Gasteiger partial charge in [-0.2, -0.15) is 0 Å². The van der Waals surface area contributed by atoms with Crippen LogP contribution in [-0.4, -0.2) is 11.6 Å². The van der Waals surface area contributed by atoms with Crippen LogP contribution in [0.5, 0.6) is 0 Å². The van der Waals surface area contributed by atoms with Gasteiger partial charge in [-0.05, 0) is 37.3 Å². The molecule has 0 heterocycles. The summed E-state index contributed by atoms with van der Waals surface area (Å²) in [5.41, 5.74) is 3.81. The lowest BCUT2D eigenvalue weighted by Gasteiger charge is -2.01. The Balaban J connectivity index is 0.000000547. The van der Waals surface area contributed by atoms with Crippen molar-refractivity contribution in [3.63, 3.8) is 0 Å². The summed E-state index contributed by atoms with van der Waals surface area (Å²) in [6.45, 7) is 4.00. The molecular formula is C27H36O2. The van der Waals surface area contributed by atoms with Crippen LogP contribution in [0.25, 0.3) is 6.08 Å². The zero-order valence-corrected chi connectivity index (χ0v) is 17.6. The van der Waals surface area contributed by atoms with E-state index in [9.17, 15) is 9.59 Å². The highest BCUT2D eigenvalue weighted by Crippen LogP contribution is 2.19. The minimum absolute atomic E-state index is 0. The molecule has 0 atom stereocenters. The second kappa shape index (κ2) is 12.7. The molecule has 0 unspecified atom stereocenters. The fourth-order valence-corrected chi connectivity index (χ4v) is 2.86. The Hall–Kier alpha value is -2.74. The van der Waals surface area contributed by atoms with E-state index >= 15 is 0 Å². The van der Waals surface area contributed by atoms with Gasteiger partial charge in [0.25, 0.3) is 0 Å². The molecule has 1 aliphatic carbocycles. The third-order valence-corrected chi connectivity index (χ3v) is 4.86. The van der Waals surface area contributed by atoms with Crippen molar-refractivity contribution in [2.75, 3.05) is 0 Å². The van der Waals surface area contributed by atoms with Crippen molar-refractivity contribution in [3.8, 4) is 0 Å². The van der Waals surface area contributed by atoms with Gasteiger partial charge in [-0.1, -0.05) is 91.4 Å². The molecule has 0 aliphatic heterocycles. The maximum atomic E-state index is 11.4. The number of rotatable bonds is 10. The highest BCUT2D eigenvalue weighted by atomic mass is 16.1. The predicted molar refractivity (Wildman–Crippen MR) is 126 cm³/mol. The Kier molecular flexibility index (Phi) is 9.85. The first kappa shape index (κ1) is 22.5. The van der Waals surface area contributed by atoms with Gasteiger partial charge < -0.3 is 0 Å². The quantitative estimate of drug-likeness (QED) is 0.407. The van der Waals surface area contributed by atoms with Crippen LogP contribution in [-0.2, 0) is 16.0 Å². The van der Waals surface area contributed by atoms with Crippen LogP contribution < -0.4 is 0 Å². The molecule has 2 heteroatoms. The third-order valence-electron chi connectivity index (χ3n) is 4.86. The lowest BCUT2D eigenvalue weighted by atomic mass is 10.0. The molecule has 0 radical (unpaired) electrons. The first-order valence-corrected chi connectivity index (χ1v) is 10.6. The molecule has 0 spiro atoms. The summed E-state index contributed by atoms with van der Waals surface area (Å²) >= 11 is 0. The fraction of sp³-hybridized carbons (Fsp3) is 0.333. The van der Waals surface area contributed by atoms with Gasteiger partial charge in [0.2, 0.25) is 0 Å². The number of aryl methyl sites for hydroxylation is 2. The maximum Gasteiger partial charge on any atom is 0.143 e. The summed E-state index contributed by atoms with van der Waals surface area (Å²) in [4.78, 5) is 22.4. The van der Waals surface area contributed by atoms with Gasteiger partial charge in [0.1, 0.15) is 11.6 Å². The smallest absolute Gasteiger partial charge is 0.143 e. The van der Waals surface area contributed by atoms with Crippen LogP contribution in [0.2, 0.25) is 0 Å². The first-order valence-electron chi connectivity index (χ1n) is 10.6. The molecule has 1 aliphatic rings. The van der Waals surface area contributed by atoms with Crippen molar-refractivity contribution in [1.29, 1.82) is 0 Å². The van der Waals surface area contributed by atoms with Crippen LogP contribution in [0, 0.1) is 12.8 Å². The molecule has 0 saturated heterocycles. The Morgan fingerprint density at radius 2 is 1.66 bits per heavy atom. The van der Waals surface area contributed by atoms with E-state index in [4.69, 9.17) is 0 Å². The number of Topliss-reactive ketones (excluding diaryl/α,β-unsaturated/α-hetero) is 2. The number of hydrogen-bond donors (Lipinski definition) is 0. The van der Waals surface area contributed by atoms with Crippen LogP contribution in [0.3, 0.4) is 0 Å². The van der Waals surface area contributed by atoms with E-state index in [1.165, 1.54) is 16.7 Å². The van der Waals surface area contributed by atoms with Crippen molar-refractivity contribution in [2.24, 2.45) is 5.92 Å². The van der Waals surface area contributed by atoms with Gasteiger partial charge in [0.05, 0.1) is 5.92 Å². The van der Waals surface area contributed by atoms with Gasteiger partial charge in [0, 0.05) is 22.1 Å². The lowest BCUT2D eigenvalue weighted by Crippen LogP contribution is -2.01. The summed E-state index contributed by atoms with van der Waals surface area (Å²) in [6, 6.07) is 18.7. The summed E-state index contributed by atoms with van der Waals surface area (Å²) in [5.74, 6) is 0.896. The number of hydrogen-bond acceptors (Lipinski definition) is 2. The topological polar surface area (TPSA) is 34.1 Å². The molecule has 0 N–H and O–H groups in total. The number of carbonyl (C=O) groups excluding carboxylic acids is 2. The lowest BCUT2D eigenvalue weighted by molar-refractivity contribution is -0.120. The molecule has 2 aromatic carbocycles. The van der Waals surface area contributed by atoms with Crippen LogP contribution in [0.1, 0.15) is 58.6 Å². The van der Waals surface area contributed by atoms with Gasteiger partial charge in [-0.15, -0.1) is 0 Å². The Morgan fingerprint density at radius 3 is 2.28 bits per heavy atom. The molecule has 156 valence electrons. The summed E-state index contributed by atoms with van der Waals surface area (Å²) in [5, 5.41) is 0. The summed E-state index contributed by atoms with van der Waals surface area (Å²) < 4.78 is 0. The van der Waals surface area contributed by atoms with E-state index < -0.39 is 0 Å². The highest BCUT2D eigenvalue weighted by molar-refractivity contribution is 5.87. The molecule has 3 rings (SSSR count). The molecule has 29 heavy (non-hydrogen) atoms. The Labute approximate surface area is 178 Å². The van der Waals surface area contributed by atoms with Crippen LogP contribution in [0.15, 0.2) is 72.8 Å². The number of benzene rings is 2. The zero-order chi connectivity index (χ0) is 20.9. The van der Waals surface area contributed by atoms with E-state index in [2.05, 4.69) is 55.5 Å². The third kappa shape index (κ3) is 9.84. The predicted octanol–water partition coefficient (Wildman–Crippen LogP) is 7.02. The van der Waals surface area contributed by atoms with E-state index in [0.717, 1.165) is 19.3 Å². The summed E-state index contributed by atoms with van der Waals surface area (Å²) in [6.07, 6.45) is 12.9. The van der Waals surface area contributed by atoms with E-state index in [1.807, 2.05) is 37.3 Å². The molecule has 0 amide bonds. The average molecular weight is 393 g/mol. The minimum atomic E-state index is 0. The average Bonchev–Trinajstić information content (AvgIpc) is 3.59. The molecular weight excluding hydrogens is 356 g/mol. The molecule has 0 fully saturated rings. The van der Waals surface area contributed by atoms with E-state index in [1.54, 1.807) is 0 Å². The van der Waals surface area contributed by atoms with Gasteiger partial charge in [0.15, 0.2) is 0 Å². The molecule has 2 aromatic rings. The standard InChI is InChI=1S/C14H16O.C13H16O.2H2/c1-11-5-7-12(8-6-11)3-2-4-14(15)13-9-10-13;1-2-13(14)11-7-6-10-12-8-4-3-5-9-12;;/h5-10,13H,2-4H2,1H3;3-6,8-10H,2,7,11H2,1H3;2*1H/b;10-6+;;. The van der Waals surface area contributed by atoms with E-state index in [0.29, 0.717) is 30.8 Å². The highest BCUT2D eigenvalue weighted by Gasteiger charge is 2.19. The largest absolute Gasteiger partial charge is 0.300 e. The van der Waals surface area contributed by atoms with Gasteiger partial charge >= 0.3 is 0 Å². The Morgan fingerprint density at radius 1 is 0.966 bits per heavy atom. The second-order valence-corrected chi connectivity index (χ2v) is 7.46. The van der Waals surface area contributed by atoms with Crippen molar-refractivity contribution in [1.82, 2.24) is 0 Å². The SMILES string of the molecule is CCC(=O)CC/C=C/c1ccccc1.Cc1ccc(CCCC(=O)C2C=C2)cc1.[HH].[HH]. The fourth-order valence-electron chi connectivity index (χ4n) is 2.86. The molecule has 0 bridgehead atoms. The molecule has 0 aromatic heterocycles. The Bertz CT molecular complexity index is 818. The zero-order valence-electron chi connectivity index (χ0n) is 17.6. The number of carbonyl (C=O) groups is 2. The maximum absolute atomic E-state index is 11.4. The van der Waals surface area contributed by atoms with Gasteiger partial charge in [-0.3, -0.25) is 9.59 Å². The number of ketones is 2. The van der Waals surface area contributed by atoms with Crippen molar-refractivity contribution in [2.45, 2.75) is 52.4 Å². The summed E-state index contributed by atoms with van der Waals surface area (Å²) in [7, 11) is 0. The number of allylic oxidation sites excluding steroid dienone is 3. The first-order chi connectivity index (χ1) is 14.1. The van der Waals surface area contributed by atoms with E-state index in [-0.39, 0.29) is 8.77 Å². The second-order valence-electron chi connectivity index (χ2n) is 7.46. The minimum Gasteiger partial charge on any atom is -0.300 e. The van der Waals surface area contributed by atoms with Crippen molar-refractivity contribution < 1.29 is 12.4 Å². The monoisotopic (exact) mass is 392 g/mol. The van der Waals surface area contributed by atoms with Crippen LogP contribution >= 0.6 is 0 Å². The van der Waals surface area contributed by atoms with Gasteiger partial charge in [-0.25, -0.2) is 0 Å². The van der Waals surface area contributed by atoms with Crippen LogP contribution in [0.4, 0.5) is 0 Å². The normalized spacial score (nSPS) is 12.5. The molecule has 2 nitrogen and oxygen atoms in total. The van der Waals surface area contributed by atoms with Crippen molar-refractivity contribution >= 4 is 17.6 Å². The molecule has 0 saturated carbocycles. The van der Waals surface area contributed by atoms with Crippen molar-refractivity contribution in [3.05, 3.63) is 89.5 Å².